The average molecular weight is 426 g/mol. The molecule has 2 rings (SSSR count). The number of carbonyl (C=O) groups excluding carboxylic acids is 2. The van der Waals surface area contributed by atoms with Crippen LogP contribution in [0, 0.1) is 13.8 Å². The fraction of sp³-hybridized carbons (Fsp3) is 0.600. The largest absolute Gasteiger partial charge is 0.333 e. The third kappa shape index (κ3) is 6.01. The van der Waals surface area contributed by atoms with Gasteiger partial charge in [-0.15, -0.1) is 0 Å². The zero-order chi connectivity index (χ0) is 22.0. The van der Waals surface area contributed by atoms with Crippen LogP contribution >= 0.6 is 0 Å². The third-order valence-electron chi connectivity index (χ3n) is 5.06. The second kappa shape index (κ2) is 8.81. The minimum absolute atomic E-state index is 0.330. The van der Waals surface area contributed by atoms with Crippen LogP contribution in [0.4, 0.5) is 4.79 Å². The molecule has 9 heteroatoms. The molecule has 0 radical (unpaired) electrons. The van der Waals surface area contributed by atoms with Crippen molar-refractivity contribution in [1.29, 1.82) is 0 Å². The van der Waals surface area contributed by atoms with Crippen molar-refractivity contribution >= 4 is 22.0 Å². The van der Waals surface area contributed by atoms with Crippen molar-refractivity contribution in [2.75, 3.05) is 26.2 Å². The number of nitrogens with zero attached hydrogens (tertiary/aromatic N) is 1. The summed E-state index contributed by atoms with van der Waals surface area (Å²) in [4.78, 5) is 25.6. The van der Waals surface area contributed by atoms with Gasteiger partial charge in [0.2, 0.25) is 10.0 Å². The maximum atomic E-state index is 13.0. The van der Waals surface area contributed by atoms with Crippen molar-refractivity contribution < 1.29 is 22.9 Å². The van der Waals surface area contributed by atoms with Crippen LogP contribution in [-0.2, 0) is 14.8 Å². The first-order valence-electron chi connectivity index (χ1n) is 9.86. The molecule has 1 aromatic rings. The molecule has 1 aromatic carbocycles. The molecule has 0 spiro atoms. The topological polar surface area (TPSA) is 100 Å². The number of nitrogens with one attached hydrogen (secondary N) is 3. The SMILES string of the molecule is Cc1ccc(C)c(S(=O)(=O)N2CC[NH+]([C@H](C)C(=O)NC(=O)NC(C)(C)C)CC2)c1. The van der Waals surface area contributed by atoms with Gasteiger partial charge < -0.3 is 10.2 Å². The van der Waals surface area contributed by atoms with Crippen LogP contribution in [0.3, 0.4) is 0 Å². The van der Waals surface area contributed by atoms with Gasteiger partial charge in [-0.05, 0) is 58.7 Å². The lowest BCUT2D eigenvalue weighted by Gasteiger charge is -2.34. The number of urea groups is 1. The fourth-order valence-corrected chi connectivity index (χ4v) is 5.10. The fourth-order valence-electron chi connectivity index (χ4n) is 3.35. The van der Waals surface area contributed by atoms with Crippen LogP contribution < -0.4 is 15.5 Å². The minimum Gasteiger partial charge on any atom is -0.333 e. The zero-order valence-electron chi connectivity index (χ0n) is 18.1. The standard InChI is InChI=1S/C20H32N4O4S/c1-14-7-8-15(2)17(13-14)29(27,28)24-11-9-23(10-12-24)16(3)18(25)21-19(26)22-20(4,5)6/h7-8,13,16H,9-12H2,1-6H3,(H2,21,22,25,26)/p+1/t16-/m1/s1. The molecule has 3 N–H and O–H groups in total. The Balaban J connectivity index is 1.98. The van der Waals surface area contributed by atoms with Crippen LogP contribution in [0.5, 0.6) is 0 Å². The van der Waals surface area contributed by atoms with Crippen molar-refractivity contribution in [3.63, 3.8) is 0 Å². The molecule has 162 valence electrons. The minimum atomic E-state index is -3.57. The van der Waals surface area contributed by atoms with E-state index in [4.69, 9.17) is 0 Å². The molecule has 1 atom stereocenters. The number of carbonyl (C=O) groups is 2. The molecule has 1 aliphatic heterocycles. The Morgan fingerprint density at radius 3 is 2.28 bits per heavy atom. The van der Waals surface area contributed by atoms with Gasteiger partial charge in [-0.3, -0.25) is 10.1 Å². The Labute approximate surface area is 173 Å². The predicted octanol–water partition coefficient (Wildman–Crippen LogP) is 0.205. The van der Waals surface area contributed by atoms with E-state index in [1.54, 1.807) is 19.9 Å². The van der Waals surface area contributed by atoms with Gasteiger partial charge in [-0.25, -0.2) is 13.2 Å². The van der Waals surface area contributed by atoms with Crippen molar-refractivity contribution in [2.24, 2.45) is 0 Å². The summed E-state index contributed by atoms with van der Waals surface area (Å²) < 4.78 is 27.5. The molecule has 3 amide bonds. The van der Waals surface area contributed by atoms with Crippen molar-refractivity contribution in [3.8, 4) is 0 Å². The van der Waals surface area contributed by atoms with E-state index in [0.717, 1.165) is 16.0 Å². The molecule has 29 heavy (non-hydrogen) atoms. The van der Waals surface area contributed by atoms with Crippen LogP contribution in [0.25, 0.3) is 0 Å². The van der Waals surface area contributed by atoms with Gasteiger partial charge in [0.25, 0.3) is 5.91 Å². The van der Waals surface area contributed by atoms with Crippen molar-refractivity contribution in [2.45, 2.75) is 58.0 Å². The van der Waals surface area contributed by atoms with Crippen LogP contribution in [0.2, 0.25) is 0 Å². The molecule has 1 heterocycles. The van der Waals surface area contributed by atoms with E-state index >= 15 is 0 Å². The molecule has 1 aliphatic rings. The van der Waals surface area contributed by atoms with E-state index in [1.807, 2.05) is 39.8 Å². The number of hydrogen-bond acceptors (Lipinski definition) is 4. The van der Waals surface area contributed by atoms with Crippen molar-refractivity contribution in [3.05, 3.63) is 29.3 Å². The zero-order valence-corrected chi connectivity index (χ0v) is 18.9. The molecule has 1 saturated heterocycles. The summed E-state index contributed by atoms with van der Waals surface area (Å²) in [5.41, 5.74) is 1.19. The number of imide groups is 1. The highest BCUT2D eigenvalue weighted by Gasteiger charge is 2.35. The molecule has 1 fully saturated rings. The van der Waals surface area contributed by atoms with E-state index in [9.17, 15) is 18.0 Å². The molecule has 0 unspecified atom stereocenters. The number of rotatable bonds is 4. The summed E-state index contributed by atoms with van der Waals surface area (Å²) in [6, 6.07) is 4.44. The lowest BCUT2D eigenvalue weighted by molar-refractivity contribution is -0.917. The van der Waals surface area contributed by atoms with Gasteiger partial charge >= 0.3 is 6.03 Å². The second-order valence-corrected chi connectivity index (χ2v) is 10.7. The first-order chi connectivity index (χ1) is 13.3. The van der Waals surface area contributed by atoms with Crippen LogP contribution in [0.15, 0.2) is 23.1 Å². The van der Waals surface area contributed by atoms with Gasteiger partial charge in [0.15, 0.2) is 6.04 Å². The summed E-state index contributed by atoms with van der Waals surface area (Å²) in [7, 11) is -3.57. The number of piperazine rings is 1. The van der Waals surface area contributed by atoms with E-state index in [-0.39, 0.29) is 5.91 Å². The Morgan fingerprint density at radius 1 is 1.14 bits per heavy atom. The van der Waals surface area contributed by atoms with Gasteiger partial charge in [0.05, 0.1) is 31.1 Å². The molecule has 0 saturated carbocycles. The monoisotopic (exact) mass is 425 g/mol. The lowest BCUT2D eigenvalue weighted by atomic mass is 10.1. The highest BCUT2D eigenvalue weighted by atomic mass is 32.2. The third-order valence-corrected chi connectivity index (χ3v) is 7.10. The summed E-state index contributed by atoms with van der Waals surface area (Å²) >= 11 is 0. The smallest absolute Gasteiger partial charge is 0.322 e. The normalized spacial score (nSPS) is 17.6. The average Bonchev–Trinajstić information content (AvgIpc) is 2.61. The Morgan fingerprint density at radius 2 is 1.72 bits per heavy atom. The summed E-state index contributed by atoms with van der Waals surface area (Å²) in [6.07, 6.45) is 0. The number of sulfonamides is 1. The first kappa shape index (κ1) is 23.3. The molecule has 0 aromatic heterocycles. The van der Waals surface area contributed by atoms with E-state index in [1.165, 1.54) is 4.31 Å². The summed E-state index contributed by atoms with van der Waals surface area (Å²) in [5.74, 6) is -0.368. The number of hydrogen-bond donors (Lipinski definition) is 3. The van der Waals surface area contributed by atoms with Gasteiger partial charge in [-0.2, -0.15) is 4.31 Å². The number of amides is 3. The summed E-state index contributed by atoms with van der Waals surface area (Å²) in [6.45, 7) is 12.6. The van der Waals surface area contributed by atoms with Crippen LogP contribution in [-0.4, -0.2) is 62.4 Å². The molecule has 0 aliphatic carbocycles. The molecule has 0 bridgehead atoms. The Hall–Kier alpha value is -1.97. The first-order valence-corrected chi connectivity index (χ1v) is 11.3. The van der Waals surface area contributed by atoms with Gasteiger partial charge in [0, 0.05) is 5.54 Å². The van der Waals surface area contributed by atoms with Gasteiger partial charge in [0.1, 0.15) is 0 Å². The highest BCUT2D eigenvalue weighted by molar-refractivity contribution is 7.89. The highest BCUT2D eigenvalue weighted by Crippen LogP contribution is 2.21. The summed E-state index contributed by atoms with van der Waals surface area (Å²) in [5, 5.41) is 5.07. The quantitative estimate of drug-likeness (QED) is 0.642. The maximum absolute atomic E-state index is 13.0. The number of benzene rings is 1. The van der Waals surface area contributed by atoms with Gasteiger partial charge in [-0.1, -0.05) is 12.1 Å². The van der Waals surface area contributed by atoms with Crippen molar-refractivity contribution in [1.82, 2.24) is 14.9 Å². The molecular weight excluding hydrogens is 392 g/mol. The Bertz CT molecular complexity index is 869. The molecular formula is C20H33N4O4S+. The Kier molecular flexibility index (Phi) is 7.08. The second-order valence-electron chi connectivity index (χ2n) is 8.75. The lowest BCUT2D eigenvalue weighted by Crippen LogP contribution is -3.19. The number of quaternary nitrogens is 1. The maximum Gasteiger partial charge on any atom is 0.322 e. The molecule has 8 nitrogen and oxygen atoms in total. The van der Waals surface area contributed by atoms with E-state index in [2.05, 4.69) is 10.6 Å². The van der Waals surface area contributed by atoms with E-state index in [0.29, 0.717) is 31.1 Å². The van der Waals surface area contributed by atoms with Crippen LogP contribution in [0.1, 0.15) is 38.8 Å². The predicted molar refractivity (Wildman–Crippen MR) is 111 cm³/mol. The van der Waals surface area contributed by atoms with E-state index < -0.39 is 27.6 Å². The number of aryl methyl sites for hydroxylation is 2.